The molecule has 2 saturated heterocycles. The van der Waals surface area contributed by atoms with Crippen LogP contribution in [0.3, 0.4) is 0 Å². The molecule has 0 bridgehead atoms. The molecule has 1 spiro atoms. The summed E-state index contributed by atoms with van der Waals surface area (Å²) < 4.78 is 5.27. The van der Waals surface area contributed by atoms with Crippen molar-refractivity contribution in [2.24, 2.45) is 0 Å². The number of likely N-dealkylation sites (tertiary alicyclic amines) is 1. The fraction of sp³-hybridized carbons (Fsp3) is 0.619. The van der Waals surface area contributed by atoms with Gasteiger partial charge >= 0.3 is 6.03 Å². The van der Waals surface area contributed by atoms with Crippen LogP contribution in [0.15, 0.2) is 24.3 Å². The lowest BCUT2D eigenvalue weighted by Crippen LogP contribution is -2.57. The smallest absolute Gasteiger partial charge is 0.327 e. The summed E-state index contributed by atoms with van der Waals surface area (Å²) in [5.74, 6) is 1.77. The van der Waals surface area contributed by atoms with Gasteiger partial charge in [0.15, 0.2) is 0 Å². The average molecular weight is 406 g/mol. The van der Waals surface area contributed by atoms with Crippen molar-refractivity contribution in [1.29, 1.82) is 0 Å². The van der Waals surface area contributed by atoms with Gasteiger partial charge in [0.05, 0.1) is 13.7 Å². The molecule has 3 amide bonds. The summed E-state index contributed by atoms with van der Waals surface area (Å²) in [6.07, 6.45) is 3.54. The van der Waals surface area contributed by atoms with Crippen LogP contribution in [0.1, 0.15) is 32.3 Å². The third-order valence-corrected chi connectivity index (χ3v) is 6.88. The number of likely N-dealkylation sites (N-methyl/N-ethyl adjacent to an activating group) is 1. The van der Waals surface area contributed by atoms with Crippen LogP contribution in [0, 0.1) is 0 Å². The van der Waals surface area contributed by atoms with Gasteiger partial charge in [0.2, 0.25) is 0 Å². The number of piperidine rings is 1. The SMILES string of the molecule is CCN1C(=O)N(Cc2cccc(OC)c2)C(=O)C12CCN([C@H](C)CSC)CC2. The van der Waals surface area contributed by atoms with Crippen LogP contribution in [0.2, 0.25) is 0 Å². The molecule has 28 heavy (non-hydrogen) atoms. The number of carbonyl (C=O) groups is 2. The van der Waals surface area contributed by atoms with E-state index < -0.39 is 5.54 Å². The van der Waals surface area contributed by atoms with E-state index in [1.807, 2.05) is 43.0 Å². The average Bonchev–Trinajstić information content (AvgIpc) is 2.90. The number of ether oxygens (including phenoxy) is 1. The van der Waals surface area contributed by atoms with E-state index in [4.69, 9.17) is 4.74 Å². The highest BCUT2D eigenvalue weighted by Crippen LogP contribution is 2.38. The van der Waals surface area contributed by atoms with Crippen LogP contribution in [0.5, 0.6) is 5.75 Å². The first-order chi connectivity index (χ1) is 13.5. The van der Waals surface area contributed by atoms with Gasteiger partial charge in [-0.05, 0) is 50.6 Å². The number of benzene rings is 1. The molecule has 1 aromatic carbocycles. The Morgan fingerprint density at radius 2 is 1.96 bits per heavy atom. The fourth-order valence-electron chi connectivity index (χ4n) is 4.48. The van der Waals surface area contributed by atoms with E-state index in [1.165, 1.54) is 4.90 Å². The molecule has 0 aromatic heterocycles. The summed E-state index contributed by atoms with van der Waals surface area (Å²) in [5, 5.41) is 0. The lowest BCUT2D eigenvalue weighted by Gasteiger charge is -2.43. The Hall–Kier alpha value is -1.73. The Morgan fingerprint density at radius 1 is 1.25 bits per heavy atom. The van der Waals surface area contributed by atoms with Crippen molar-refractivity contribution in [3.63, 3.8) is 0 Å². The standard InChI is InChI=1S/C21H31N3O3S/c1-5-24-20(26)23(14-17-7-6-8-18(13-17)27-3)19(25)21(24)9-11-22(12-10-21)16(2)15-28-4/h6-8,13,16H,5,9-12,14-15H2,1-4H3/t16-/m1/s1. The van der Waals surface area contributed by atoms with Gasteiger partial charge in [0.1, 0.15) is 11.3 Å². The maximum Gasteiger partial charge on any atom is 0.327 e. The first-order valence-corrected chi connectivity index (χ1v) is 11.4. The maximum absolute atomic E-state index is 13.4. The Balaban J connectivity index is 1.78. The van der Waals surface area contributed by atoms with Crippen LogP contribution in [0.25, 0.3) is 0 Å². The van der Waals surface area contributed by atoms with Crippen molar-refractivity contribution < 1.29 is 14.3 Å². The normalized spacial score (nSPS) is 20.9. The van der Waals surface area contributed by atoms with Crippen molar-refractivity contribution in [3.8, 4) is 5.75 Å². The van der Waals surface area contributed by atoms with E-state index in [1.54, 1.807) is 12.0 Å². The van der Waals surface area contributed by atoms with Gasteiger partial charge < -0.3 is 9.64 Å². The van der Waals surface area contributed by atoms with Crippen LogP contribution in [-0.4, -0.2) is 77.0 Å². The molecule has 1 aromatic rings. The van der Waals surface area contributed by atoms with Gasteiger partial charge in [0.25, 0.3) is 5.91 Å². The number of carbonyl (C=O) groups excluding carboxylic acids is 2. The highest BCUT2D eigenvalue weighted by molar-refractivity contribution is 7.98. The Bertz CT molecular complexity index is 719. The number of hydrogen-bond acceptors (Lipinski definition) is 5. The fourth-order valence-corrected chi connectivity index (χ4v) is 5.17. The molecule has 0 N–H and O–H groups in total. The van der Waals surface area contributed by atoms with Gasteiger partial charge in [-0.15, -0.1) is 0 Å². The van der Waals surface area contributed by atoms with E-state index in [0.29, 0.717) is 32.0 Å². The molecule has 2 fully saturated rings. The number of methoxy groups -OCH3 is 1. The number of rotatable bonds is 7. The second kappa shape index (κ2) is 8.74. The summed E-state index contributed by atoms with van der Waals surface area (Å²) in [6.45, 7) is 6.75. The van der Waals surface area contributed by atoms with Gasteiger partial charge in [-0.1, -0.05) is 12.1 Å². The zero-order valence-corrected chi connectivity index (χ0v) is 18.1. The molecule has 154 valence electrons. The van der Waals surface area contributed by atoms with E-state index in [0.717, 1.165) is 30.2 Å². The van der Waals surface area contributed by atoms with Crippen LogP contribution in [0.4, 0.5) is 4.79 Å². The van der Waals surface area contributed by atoms with Gasteiger partial charge in [-0.3, -0.25) is 14.6 Å². The van der Waals surface area contributed by atoms with Crippen molar-refractivity contribution in [3.05, 3.63) is 29.8 Å². The van der Waals surface area contributed by atoms with Crippen molar-refractivity contribution >= 4 is 23.7 Å². The molecule has 2 aliphatic heterocycles. The molecule has 2 aliphatic rings. The minimum Gasteiger partial charge on any atom is -0.497 e. The minimum absolute atomic E-state index is 0.0423. The molecule has 0 unspecified atom stereocenters. The maximum atomic E-state index is 13.4. The first-order valence-electron chi connectivity index (χ1n) is 9.96. The Labute approximate surface area is 172 Å². The van der Waals surface area contributed by atoms with Gasteiger partial charge in [-0.25, -0.2) is 4.79 Å². The topological polar surface area (TPSA) is 53.1 Å². The number of imide groups is 1. The number of amides is 3. The highest BCUT2D eigenvalue weighted by atomic mass is 32.2. The van der Waals surface area contributed by atoms with E-state index in [9.17, 15) is 9.59 Å². The lowest BCUT2D eigenvalue weighted by atomic mass is 9.85. The molecule has 0 radical (unpaired) electrons. The lowest BCUT2D eigenvalue weighted by molar-refractivity contribution is -0.136. The zero-order valence-electron chi connectivity index (χ0n) is 17.3. The predicted molar refractivity (Wildman–Crippen MR) is 113 cm³/mol. The number of thioether (sulfide) groups is 1. The molecular formula is C21H31N3O3S. The first kappa shape index (κ1) is 21.0. The van der Waals surface area contributed by atoms with Crippen molar-refractivity contribution in [1.82, 2.24) is 14.7 Å². The third kappa shape index (κ3) is 3.74. The molecule has 2 heterocycles. The van der Waals surface area contributed by atoms with E-state index >= 15 is 0 Å². The molecule has 7 heteroatoms. The molecular weight excluding hydrogens is 374 g/mol. The Kier molecular flexibility index (Phi) is 6.55. The van der Waals surface area contributed by atoms with Crippen LogP contribution >= 0.6 is 11.8 Å². The summed E-state index contributed by atoms with van der Waals surface area (Å²) in [7, 11) is 1.62. The van der Waals surface area contributed by atoms with Gasteiger partial charge in [-0.2, -0.15) is 11.8 Å². The van der Waals surface area contributed by atoms with Crippen molar-refractivity contribution in [2.45, 2.75) is 44.8 Å². The van der Waals surface area contributed by atoms with Crippen LogP contribution in [-0.2, 0) is 11.3 Å². The molecule has 3 rings (SSSR count). The zero-order chi connectivity index (χ0) is 20.3. The minimum atomic E-state index is -0.680. The van der Waals surface area contributed by atoms with E-state index in [2.05, 4.69) is 18.1 Å². The highest BCUT2D eigenvalue weighted by Gasteiger charge is 2.57. The van der Waals surface area contributed by atoms with Gasteiger partial charge in [0, 0.05) is 31.4 Å². The second-order valence-corrected chi connectivity index (χ2v) is 8.55. The molecule has 1 atom stereocenters. The monoisotopic (exact) mass is 405 g/mol. The molecule has 0 aliphatic carbocycles. The van der Waals surface area contributed by atoms with Crippen LogP contribution < -0.4 is 4.74 Å². The summed E-state index contributed by atoms with van der Waals surface area (Å²) in [5.41, 5.74) is 0.223. The second-order valence-electron chi connectivity index (χ2n) is 7.64. The number of urea groups is 1. The Morgan fingerprint density at radius 3 is 2.57 bits per heavy atom. The molecule has 0 saturated carbocycles. The van der Waals surface area contributed by atoms with Crippen molar-refractivity contribution in [2.75, 3.05) is 38.8 Å². The summed E-state index contributed by atoms with van der Waals surface area (Å²) in [4.78, 5) is 32.2. The number of nitrogens with zero attached hydrogens (tertiary/aromatic N) is 3. The quantitative estimate of drug-likeness (QED) is 0.653. The third-order valence-electron chi connectivity index (χ3n) is 6.07. The largest absolute Gasteiger partial charge is 0.497 e. The van der Waals surface area contributed by atoms with E-state index in [-0.39, 0.29) is 11.9 Å². The molecule has 6 nitrogen and oxygen atoms in total. The summed E-state index contributed by atoms with van der Waals surface area (Å²) >= 11 is 1.85. The predicted octanol–water partition coefficient (Wildman–Crippen LogP) is 3.07. The number of hydrogen-bond donors (Lipinski definition) is 0. The summed E-state index contributed by atoms with van der Waals surface area (Å²) in [6, 6.07) is 7.88.